The molecule has 6 nitrogen and oxygen atoms in total. The Hall–Kier alpha value is -4.76. The maximum Gasteiger partial charge on any atom is 0.142 e. The van der Waals surface area contributed by atoms with Gasteiger partial charge in [-0.15, -0.1) is 0 Å². The first-order chi connectivity index (χ1) is 19.3. The van der Waals surface area contributed by atoms with Gasteiger partial charge in [0.05, 0.1) is 17.1 Å². The number of aromatic nitrogens is 1. The molecule has 0 aliphatic carbocycles. The van der Waals surface area contributed by atoms with Crippen molar-refractivity contribution in [3.8, 4) is 6.07 Å². The van der Waals surface area contributed by atoms with Crippen molar-refractivity contribution >= 4 is 18.1 Å². The predicted octanol–water partition coefficient (Wildman–Crippen LogP) is 7.53. The van der Waals surface area contributed by atoms with Crippen LogP contribution in [0, 0.1) is 11.3 Å². The minimum Gasteiger partial charge on any atom is -0.376 e. The summed E-state index contributed by atoms with van der Waals surface area (Å²) in [4.78, 5) is 15.8. The van der Waals surface area contributed by atoms with Gasteiger partial charge in [0.2, 0.25) is 0 Å². The lowest BCUT2D eigenvalue weighted by Crippen LogP contribution is -2.16. The fourth-order valence-corrected chi connectivity index (χ4v) is 4.18. The molecule has 0 unspecified atom stereocenters. The van der Waals surface area contributed by atoms with Crippen molar-refractivity contribution in [1.82, 2.24) is 9.88 Å². The molecule has 3 rings (SSSR count). The number of pyridine rings is 1. The van der Waals surface area contributed by atoms with Gasteiger partial charge < -0.3 is 10.2 Å². The lowest BCUT2D eigenvalue weighted by Gasteiger charge is -2.22. The number of benzene rings is 2. The molecule has 0 bridgehead atoms. The number of anilines is 1. The van der Waals surface area contributed by atoms with Crippen molar-refractivity contribution in [3.05, 3.63) is 130 Å². The molecule has 0 amide bonds. The molecular weight excluding hydrogens is 492 g/mol. The number of likely N-dealkylation sites (N-methyl/N-ethyl adjacent to an activating group) is 1. The number of hydrogen-bond acceptors (Lipinski definition) is 6. The summed E-state index contributed by atoms with van der Waals surface area (Å²) in [5.41, 5.74) is 9.57. The molecule has 6 heteroatoms. The number of rotatable bonds is 11. The molecule has 0 spiro atoms. The molecular formula is C34H38N6. The molecule has 0 aliphatic rings. The van der Waals surface area contributed by atoms with Crippen LogP contribution in [-0.4, -0.2) is 36.4 Å². The van der Waals surface area contributed by atoms with E-state index in [1.165, 1.54) is 0 Å². The molecule has 0 aliphatic heterocycles. The highest BCUT2D eigenvalue weighted by Crippen LogP contribution is 2.26. The predicted molar refractivity (Wildman–Crippen MR) is 167 cm³/mol. The van der Waals surface area contributed by atoms with E-state index < -0.39 is 0 Å². The number of nitrogens with zero attached hydrogens (tertiary/aromatic N) is 5. The first kappa shape index (κ1) is 29.8. The molecule has 0 saturated heterocycles. The normalized spacial score (nSPS) is 12.5. The van der Waals surface area contributed by atoms with Crippen LogP contribution in [0.5, 0.6) is 0 Å². The molecule has 0 saturated carbocycles. The molecule has 204 valence electrons. The summed E-state index contributed by atoms with van der Waals surface area (Å²) in [7, 11) is 3.97. The number of hydrogen-bond donors (Lipinski definition) is 1. The summed E-state index contributed by atoms with van der Waals surface area (Å²) < 4.78 is 0. The summed E-state index contributed by atoms with van der Waals surface area (Å²) >= 11 is 0. The number of aryl methyl sites for hydroxylation is 1. The molecule has 2 aromatic carbocycles. The second kappa shape index (κ2) is 14.4. The fraction of sp³-hybridized carbons (Fsp3) is 0.235. The third-order valence-electron chi connectivity index (χ3n) is 6.62. The number of aliphatic imine (C=N–C) groups is 2. The molecule has 1 heterocycles. The van der Waals surface area contributed by atoms with E-state index in [0.717, 1.165) is 63.6 Å². The van der Waals surface area contributed by atoms with Gasteiger partial charge in [-0.1, -0.05) is 74.5 Å². The second-order valence-electron chi connectivity index (χ2n) is 9.57. The van der Waals surface area contributed by atoms with E-state index in [1.807, 2.05) is 62.3 Å². The highest BCUT2D eigenvalue weighted by molar-refractivity contribution is 6.13. The Morgan fingerprint density at radius 1 is 1.02 bits per heavy atom. The van der Waals surface area contributed by atoms with Gasteiger partial charge in [-0.25, -0.2) is 4.98 Å². The van der Waals surface area contributed by atoms with Crippen LogP contribution in [0.1, 0.15) is 56.5 Å². The Bertz CT molecular complexity index is 1440. The SMILES string of the molecule is C=NC(=C(/C)N=C(c1ccccc1)c1ccccc1)/C(=C\C(Nc1cc(C#N)ncc1CC)=C(/C)CC)N(C)C. The summed E-state index contributed by atoms with van der Waals surface area (Å²) in [6, 6.07) is 24.3. The topological polar surface area (TPSA) is 76.7 Å². The lowest BCUT2D eigenvalue weighted by atomic mass is 10.0. The summed E-state index contributed by atoms with van der Waals surface area (Å²) in [5, 5.41) is 13.0. The van der Waals surface area contributed by atoms with Gasteiger partial charge in [-0.3, -0.25) is 9.98 Å². The third kappa shape index (κ3) is 7.42. The van der Waals surface area contributed by atoms with Crippen LogP contribution in [-0.2, 0) is 6.42 Å². The largest absolute Gasteiger partial charge is 0.376 e. The van der Waals surface area contributed by atoms with Crippen LogP contribution in [0.15, 0.2) is 117 Å². The van der Waals surface area contributed by atoms with E-state index in [-0.39, 0.29) is 0 Å². The maximum absolute atomic E-state index is 9.43. The van der Waals surface area contributed by atoms with Crippen LogP contribution in [0.3, 0.4) is 0 Å². The number of nitriles is 1. The number of allylic oxidation sites excluding steroid dienone is 3. The average molecular weight is 531 g/mol. The minimum absolute atomic E-state index is 0.373. The van der Waals surface area contributed by atoms with E-state index in [9.17, 15) is 5.26 Å². The molecule has 0 atom stereocenters. The second-order valence-corrected chi connectivity index (χ2v) is 9.57. The zero-order valence-corrected chi connectivity index (χ0v) is 24.4. The van der Waals surface area contributed by atoms with Gasteiger partial charge in [0.1, 0.15) is 17.5 Å². The Balaban J connectivity index is 2.20. The van der Waals surface area contributed by atoms with Gasteiger partial charge in [-0.05, 0) is 56.7 Å². The standard InChI is InChI=1S/C34H38N6/c1-8-24(3)30(39-31-20-29(22-35)37-23-26(31)9-2)21-32(40(6)7)33(36-5)25(4)38-34(27-16-12-10-13-17-27)28-18-14-11-15-19-28/h10-21,23H,5,8-9H2,1-4,6-7H3,(H,37,39)/b30-24-,32-21+,33-25-. The molecule has 3 aromatic rings. The third-order valence-corrected chi connectivity index (χ3v) is 6.62. The Labute approximate surface area is 238 Å². The van der Waals surface area contributed by atoms with Crippen molar-refractivity contribution in [1.29, 1.82) is 5.26 Å². The molecule has 0 radical (unpaired) electrons. The van der Waals surface area contributed by atoms with Gasteiger partial charge in [0, 0.05) is 42.8 Å². The monoisotopic (exact) mass is 530 g/mol. The zero-order chi connectivity index (χ0) is 29.1. The first-order valence-corrected chi connectivity index (χ1v) is 13.4. The van der Waals surface area contributed by atoms with Crippen LogP contribution in [0.2, 0.25) is 0 Å². The Morgan fingerprint density at radius 3 is 2.10 bits per heavy atom. The lowest BCUT2D eigenvalue weighted by molar-refractivity contribution is 0.518. The van der Waals surface area contributed by atoms with E-state index in [2.05, 4.69) is 79.2 Å². The Kier molecular flexibility index (Phi) is 10.7. The maximum atomic E-state index is 9.43. The van der Waals surface area contributed by atoms with Crippen LogP contribution >= 0.6 is 0 Å². The van der Waals surface area contributed by atoms with Gasteiger partial charge in [0.25, 0.3) is 0 Å². The van der Waals surface area contributed by atoms with Crippen molar-refractivity contribution in [2.45, 2.75) is 40.5 Å². The van der Waals surface area contributed by atoms with Crippen LogP contribution in [0.4, 0.5) is 5.69 Å². The Morgan fingerprint density at radius 2 is 1.62 bits per heavy atom. The van der Waals surface area contributed by atoms with E-state index in [4.69, 9.17) is 4.99 Å². The fourth-order valence-electron chi connectivity index (χ4n) is 4.18. The molecule has 0 fully saturated rings. The average Bonchev–Trinajstić information content (AvgIpc) is 2.99. The highest BCUT2D eigenvalue weighted by atomic mass is 15.1. The van der Waals surface area contributed by atoms with Crippen molar-refractivity contribution < 1.29 is 0 Å². The van der Waals surface area contributed by atoms with E-state index >= 15 is 0 Å². The van der Waals surface area contributed by atoms with E-state index in [0.29, 0.717) is 11.4 Å². The van der Waals surface area contributed by atoms with Crippen LogP contribution in [0.25, 0.3) is 0 Å². The van der Waals surface area contributed by atoms with Gasteiger partial charge >= 0.3 is 0 Å². The number of nitrogens with one attached hydrogen (secondary N) is 1. The smallest absolute Gasteiger partial charge is 0.142 e. The quantitative estimate of drug-likeness (QED) is 0.205. The van der Waals surface area contributed by atoms with Crippen molar-refractivity contribution in [2.75, 3.05) is 19.4 Å². The summed E-state index contributed by atoms with van der Waals surface area (Å²) in [6.45, 7) is 12.2. The van der Waals surface area contributed by atoms with Crippen molar-refractivity contribution in [2.24, 2.45) is 9.98 Å². The highest BCUT2D eigenvalue weighted by Gasteiger charge is 2.15. The summed E-state index contributed by atoms with van der Waals surface area (Å²) in [6.07, 6.45) is 5.48. The first-order valence-electron chi connectivity index (χ1n) is 13.4. The van der Waals surface area contributed by atoms with Gasteiger partial charge in [0.15, 0.2) is 0 Å². The summed E-state index contributed by atoms with van der Waals surface area (Å²) in [5.74, 6) is 0. The molecule has 40 heavy (non-hydrogen) atoms. The zero-order valence-electron chi connectivity index (χ0n) is 24.4. The van der Waals surface area contributed by atoms with Gasteiger partial charge in [-0.2, -0.15) is 5.26 Å². The molecule has 1 N–H and O–H groups in total. The van der Waals surface area contributed by atoms with Crippen LogP contribution < -0.4 is 5.32 Å². The molecule has 1 aromatic heterocycles. The van der Waals surface area contributed by atoms with E-state index in [1.54, 1.807) is 12.3 Å². The van der Waals surface area contributed by atoms with Crippen molar-refractivity contribution in [3.63, 3.8) is 0 Å². The minimum atomic E-state index is 0.373.